The van der Waals surface area contributed by atoms with E-state index in [1.807, 2.05) is 0 Å². The van der Waals surface area contributed by atoms with Gasteiger partial charge in [-0.25, -0.2) is 8.78 Å². The van der Waals surface area contributed by atoms with Gasteiger partial charge in [0.2, 0.25) is 5.89 Å². The van der Waals surface area contributed by atoms with Gasteiger partial charge < -0.3 is 14.6 Å². The average Bonchev–Trinajstić information content (AvgIpc) is 3.01. The van der Waals surface area contributed by atoms with Crippen LogP contribution >= 0.6 is 0 Å². The normalized spacial score (nSPS) is 19.9. The van der Waals surface area contributed by atoms with Crippen molar-refractivity contribution in [1.82, 2.24) is 15.5 Å². The molecule has 1 unspecified atom stereocenters. The van der Waals surface area contributed by atoms with Crippen LogP contribution in [0.3, 0.4) is 0 Å². The van der Waals surface area contributed by atoms with E-state index in [0.717, 1.165) is 19.5 Å². The van der Waals surface area contributed by atoms with Crippen molar-refractivity contribution in [3.63, 3.8) is 0 Å². The zero-order valence-electron chi connectivity index (χ0n) is 10.6. The second-order valence-corrected chi connectivity index (χ2v) is 4.72. The number of halogens is 4. The molecule has 5 nitrogen and oxygen atoms in total. The average molecular weight is 297 g/mol. The predicted molar refractivity (Wildman–Crippen MR) is 59.6 cm³/mol. The van der Waals surface area contributed by atoms with Crippen LogP contribution in [0.5, 0.6) is 0 Å². The summed E-state index contributed by atoms with van der Waals surface area (Å²) in [6.07, 6.45) is -2.14. The lowest BCUT2D eigenvalue weighted by atomic mass is 10.1. The summed E-state index contributed by atoms with van der Waals surface area (Å²) >= 11 is 0. The van der Waals surface area contributed by atoms with Crippen molar-refractivity contribution in [1.29, 1.82) is 0 Å². The van der Waals surface area contributed by atoms with E-state index in [4.69, 9.17) is 4.52 Å². The fraction of sp³-hybridized carbons (Fsp3) is 0.818. The van der Waals surface area contributed by atoms with E-state index >= 15 is 0 Å². The molecule has 1 aromatic heterocycles. The molecular formula is C11H15F4N3O2. The Balaban J connectivity index is 1.75. The maximum absolute atomic E-state index is 12.6. The molecule has 0 aromatic carbocycles. The molecule has 114 valence electrons. The van der Waals surface area contributed by atoms with E-state index in [0.29, 0.717) is 18.2 Å². The molecule has 0 saturated carbocycles. The highest BCUT2D eigenvalue weighted by molar-refractivity contribution is 4.88. The molecule has 2 rings (SSSR count). The van der Waals surface area contributed by atoms with E-state index in [1.54, 1.807) is 0 Å². The molecule has 9 heteroatoms. The van der Waals surface area contributed by atoms with Crippen molar-refractivity contribution < 1.29 is 26.8 Å². The van der Waals surface area contributed by atoms with Crippen LogP contribution in [0.25, 0.3) is 0 Å². The van der Waals surface area contributed by atoms with E-state index in [-0.39, 0.29) is 12.4 Å². The zero-order chi connectivity index (χ0) is 14.6. The summed E-state index contributed by atoms with van der Waals surface area (Å²) in [5, 5.41) is 6.75. The van der Waals surface area contributed by atoms with E-state index < -0.39 is 19.0 Å². The Morgan fingerprint density at radius 1 is 1.45 bits per heavy atom. The third-order valence-electron chi connectivity index (χ3n) is 2.98. The van der Waals surface area contributed by atoms with Crippen LogP contribution in [0.15, 0.2) is 4.52 Å². The monoisotopic (exact) mass is 297 g/mol. The van der Waals surface area contributed by atoms with Gasteiger partial charge in [-0.15, -0.1) is 0 Å². The molecule has 1 fully saturated rings. The van der Waals surface area contributed by atoms with Crippen molar-refractivity contribution >= 4 is 0 Å². The van der Waals surface area contributed by atoms with Crippen LogP contribution in [0.4, 0.5) is 17.6 Å². The Hall–Kier alpha value is -1.22. The van der Waals surface area contributed by atoms with Gasteiger partial charge in [0.25, 0.3) is 0 Å². The molecule has 20 heavy (non-hydrogen) atoms. The Labute approximate surface area is 112 Å². The Morgan fingerprint density at radius 2 is 2.25 bits per heavy atom. The standard InChI is InChI=1S/C11H15F4N3O2/c12-10(13)11(14,15)6-19-5-8-17-9(20-18-8)3-7-1-2-16-4-7/h7,10,16H,1-6H2. The van der Waals surface area contributed by atoms with Crippen molar-refractivity contribution in [2.75, 3.05) is 19.7 Å². The van der Waals surface area contributed by atoms with Crippen LogP contribution in [0.1, 0.15) is 18.1 Å². The lowest BCUT2D eigenvalue weighted by Crippen LogP contribution is -2.32. The minimum absolute atomic E-state index is 0.0797. The maximum Gasteiger partial charge on any atom is 0.330 e. The summed E-state index contributed by atoms with van der Waals surface area (Å²) in [4.78, 5) is 3.98. The van der Waals surface area contributed by atoms with Gasteiger partial charge in [-0.05, 0) is 25.4 Å². The highest BCUT2D eigenvalue weighted by Crippen LogP contribution is 2.23. The SMILES string of the molecule is FC(F)C(F)(F)COCc1noc(CC2CCNC2)n1. The van der Waals surface area contributed by atoms with Crippen LogP contribution in [0.2, 0.25) is 0 Å². The van der Waals surface area contributed by atoms with Gasteiger partial charge in [-0.3, -0.25) is 0 Å². The molecule has 0 spiro atoms. The molecule has 1 saturated heterocycles. The lowest BCUT2D eigenvalue weighted by Gasteiger charge is -2.14. The van der Waals surface area contributed by atoms with Crippen molar-refractivity contribution in [2.24, 2.45) is 5.92 Å². The fourth-order valence-corrected chi connectivity index (χ4v) is 1.91. The van der Waals surface area contributed by atoms with Gasteiger partial charge in [-0.2, -0.15) is 13.8 Å². The molecule has 0 bridgehead atoms. The third-order valence-corrected chi connectivity index (χ3v) is 2.98. The highest BCUT2D eigenvalue weighted by atomic mass is 19.3. The second kappa shape index (κ2) is 6.49. The molecule has 0 amide bonds. The number of alkyl halides is 4. The summed E-state index contributed by atoms with van der Waals surface area (Å²) < 4.78 is 58.4. The van der Waals surface area contributed by atoms with Crippen LogP contribution in [-0.4, -0.2) is 42.2 Å². The maximum atomic E-state index is 12.6. The molecule has 1 atom stereocenters. The number of rotatable bonds is 7. The summed E-state index contributed by atoms with van der Waals surface area (Å²) in [5.74, 6) is -3.27. The molecule has 1 N–H and O–H groups in total. The number of hydrogen-bond donors (Lipinski definition) is 1. The summed E-state index contributed by atoms with van der Waals surface area (Å²) in [6, 6.07) is 0. The molecule has 2 heterocycles. The molecule has 1 aromatic rings. The van der Waals surface area contributed by atoms with Crippen molar-refractivity contribution in [2.45, 2.75) is 31.8 Å². The summed E-state index contributed by atoms with van der Waals surface area (Å²) in [6.45, 7) is 0.0577. The van der Waals surface area contributed by atoms with Crippen molar-refractivity contribution in [3.05, 3.63) is 11.7 Å². The number of nitrogens with zero attached hydrogens (tertiary/aromatic N) is 2. The predicted octanol–water partition coefficient (Wildman–Crippen LogP) is 1.64. The number of nitrogens with one attached hydrogen (secondary N) is 1. The van der Waals surface area contributed by atoms with Crippen molar-refractivity contribution in [3.8, 4) is 0 Å². The minimum atomic E-state index is -4.16. The molecule has 1 aliphatic heterocycles. The first-order chi connectivity index (χ1) is 9.47. The largest absolute Gasteiger partial charge is 0.367 e. The van der Waals surface area contributed by atoms with Gasteiger partial charge in [0.15, 0.2) is 5.82 Å². The smallest absolute Gasteiger partial charge is 0.330 e. The Kier molecular flexibility index (Phi) is 4.92. The number of aromatic nitrogens is 2. The van der Waals surface area contributed by atoms with Gasteiger partial charge in [-0.1, -0.05) is 5.16 Å². The number of hydrogen-bond acceptors (Lipinski definition) is 5. The summed E-state index contributed by atoms with van der Waals surface area (Å²) in [5.41, 5.74) is 0. The first-order valence-electron chi connectivity index (χ1n) is 6.23. The quantitative estimate of drug-likeness (QED) is 0.775. The van der Waals surface area contributed by atoms with Gasteiger partial charge in [0.05, 0.1) is 0 Å². The van der Waals surface area contributed by atoms with Crippen LogP contribution < -0.4 is 5.32 Å². The highest BCUT2D eigenvalue weighted by Gasteiger charge is 2.41. The minimum Gasteiger partial charge on any atom is -0.367 e. The van der Waals surface area contributed by atoms with Crippen LogP contribution in [-0.2, 0) is 17.8 Å². The van der Waals surface area contributed by atoms with Crippen LogP contribution in [0, 0.1) is 5.92 Å². The Morgan fingerprint density at radius 3 is 2.90 bits per heavy atom. The van der Waals surface area contributed by atoms with Gasteiger partial charge >= 0.3 is 12.3 Å². The Bertz CT molecular complexity index is 422. The molecule has 0 aliphatic carbocycles. The molecule has 1 aliphatic rings. The lowest BCUT2D eigenvalue weighted by molar-refractivity contribution is -0.168. The first kappa shape index (κ1) is 15.2. The third kappa shape index (κ3) is 4.14. The second-order valence-electron chi connectivity index (χ2n) is 4.72. The first-order valence-corrected chi connectivity index (χ1v) is 6.23. The van der Waals surface area contributed by atoms with E-state index in [1.165, 1.54) is 0 Å². The van der Waals surface area contributed by atoms with Gasteiger partial charge in [0, 0.05) is 6.42 Å². The van der Waals surface area contributed by atoms with Gasteiger partial charge in [0.1, 0.15) is 13.2 Å². The zero-order valence-corrected chi connectivity index (χ0v) is 10.6. The number of ether oxygens (including phenoxy) is 1. The molecule has 0 radical (unpaired) electrons. The topological polar surface area (TPSA) is 60.2 Å². The van der Waals surface area contributed by atoms with E-state index in [9.17, 15) is 17.6 Å². The molecular weight excluding hydrogens is 282 g/mol. The summed E-state index contributed by atoms with van der Waals surface area (Å²) in [7, 11) is 0. The fourth-order valence-electron chi connectivity index (χ4n) is 1.91. The van der Waals surface area contributed by atoms with E-state index in [2.05, 4.69) is 20.2 Å².